The molecule has 0 spiro atoms. The number of nitrogens with zero attached hydrogens (tertiary/aromatic N) is 1. The van der Waals surface area contributed by atoms with Crippen molar-refractivity contribution in [1.29, 1.82) is 0 Å². The fourth-order valence-corrected chi connectivity index (χ4v) is 1.61. The Balaban J connectivity index is 2.66. The van der Waals surface area contributed by atoms with Gasteiger partial charge in [-0.1, -0.05) is 29.5 Å². The van der Waals surface area contributed by atoms with E-state index in [-0.39, 0.29) is 0 Å². The molecule has 74 valence electrons. The zero-order valence-electron chi connectivity index (χ0n) is 7.87. The first kappa shape index (κ1) is 10.4. The molecule has 0 fully saturated rings. The first-order chi connectivity index (χ1) is 7.31. The molecule has 1 aromatic heterocycles. The van der Waals surface area contributed by atoms with Gasteiger partial charge in [-0.15, -0.1) is 0 Å². The molecule has 0 bridgehead atoms. The Morgan fingerprint density at radius 3 is 3.00 bits per heavy atom. The number of pyridine rings is 1. The first-order valence-corrected chi connectivity index (χ1v) is 5.46. The van der Waals surface area contributed by atoms with E-state index in [1.54, 1.807) is 6.20 Å². The van der Waals surface area contributed by atoms with Crippen LogP contribution >= 0.6 is 24.2 Å². The van der Waals surface area contributed by atoms with Gasteiger partial charge in [-0.2, -0.15) is 12.6 Å². The number of rotatable bonds is 0. The summed E-state index contributed by atoms with van der Waals surface area (Å²) >= 11 is 9.94. The van der Waals surface area contributed by atoms with Gasteiger partial charge in [-0.25, -0.2) is 0 Å². The minimum Gasteiger partial charge on any atom is -0.256 e. The van der Waals surface area contributed by atoms with Crippen LogP contribution in [0.1, 0.15) is 5.56 Å². The van der Waals surface area contributed by atoms with Gasteiger partial charge in [0.1, 0.15) is 0 Å². The van der Waals surface area contributed by atoms with Crippen molar-refractivity contribution in [3.63, 3.8) is 0 Å². The highest BCUT2D eigenvalue weighted by atomic mass is 35.5. The smallest absolute Gasteiger partial charge is 0.0729 e. The Morgan fingerprint density at radius 2 is 2.20 bits per heavy atom. The molecule has 0 aliphatic rings. The molecule has 0 aliphatic heterocycles. The molecule has 0 N–H and O–H groups in total. The maximum atomic E-state index is 5.89. The average Bonchev–Trinajstić information content (AvgIpc) is 2.25. The molecular weight excluding hydrogens is 226 g/mol. The van der Waals surface area contributed by atoms with Gasteiger partial charge in [0, 0.05) is 22.2 Å². The second-order valence-corrected chi connectivity index (χ2v) is 3.73. The van der Waals surface area contributed by atoms with Gasteiger partial charge in [-0.3, -0.25) is 4.98 Å². The molecule has 3 heteroatoms. The lowest BCUT2D eigenvalue weighted by Gasteiger charge is -1.99. The van der Waals surface area contributed by atoms with Crippen LogP contribution in [-0.2, 0) is 0 Å². The second-order valence-electron chi connectivity index (χ2n) is 2.98. The van der Waals surface area contributed by atoms with Crippen molar-refractivity contribution in [1.82, 2.24) is 4.98 Å². The van der Waals surface area contributed by atoms with E-state index in [0.29, 0.717) is 10.8 Å². The van der Waals surface area contributed by atoms with E-state index in [0.717, 1.165) is 16.5 Å². The summed E-state index contributed by atoms with van der Waals surface area (Å²) in [6.07, 6.45) is 1.74. The lowest BCUT2D eigenvalue weighted by molar-refractivity contribution is 1.40. The van der Waals surface area contributed by atoms with Crippen molar-refractivity contribution in [3.05, 3.63) is 41.0 Å². The standard InChI is InChI=1S/C12H8ClNS/c13-10-3-4-11-9(2-1-7-15)5-6-14-12(11)8-10/h3-6,8,15H,7H2. The van der Waals surface area contributed by atoms with Gasteiger partial charge in [0.05, 0.1) is 11.3 Å². The van der Waals surface area contributed by atoms with Gasteiger partial charge in [-0.05, 0) is 18.2 Å². The summed E-state index contributed by atoms with van der Waals surface area (Å²) in [7, 11) is 0. The predicted octanol–water partition coefficient (Wildman–Crippen LogP) is 3.17. The van der Waals surface area contributed by atoms with Gasteiger partial charge in [0.15, 0.2) is 0 Å². The molecule has 0 saturated heterocycles. The highest BCUT2D eigenvalue weighted by Crippen LogP contribution is 2.19. The second kappa shape index (κ2) is 4.57. The Morgan fingerprint density at radius 1 is 1.33 bits per heavy atom. The van der Waals surface area contributed by atoms with E-state index >= 15 is 0 Å². The molecule has 2 rings (SSSR count). The zero-order chi connectivity index (χ0) is 10.7. The third-order valence-corrected chi connectivity index (χ3v) is 2.40. The number of thiol groups is 1. The Kier molecular flexibility index (Phi) is 3.15. The van der Waals surface area contributed by atoms with E-state index in [1.165, 1.54) is 0 Å². The van der Waals surface area contributed by atoms with E-state index in [1.807, 2.05) is 24.3 Å². The van der Waals surface area contributed by atoms with Crippen LogP contribution in [0.15, 0.2) is 30.5 Å². The minimum atomic E-state index is 0.553. The highest BCUT2D eigenvalue weighted by Gasteiger charge is 1.99. The summed E-state index contributed by atoms with van der Waals surface area (Å²) in [5.41, 5.74) is 1.83. The molecule has 2 aromatic rings. The van der Waals surface area contributed by atoms with Crippen molar-refractivity contribution in [3.8, 4) is 11.8 Å². The first-order valence-electron chi connectivity index (χ1n) is 4.45. The molecule has 0 radical (unpaired) electrons. The van der Waals surface area contributed by atoms with Crippen molar-refractivity contribution in [2.75, 3.05) is 5.75 Å². The number of benzene rings is 1. The molecule has 15 heavy (non-hydrogen) atoms. The van der Waals surface area contributed by atoms with Crippen molar-refractivity contribution >= 4 is 35.1 Å². The molecule has 0 saturated carbocycles. The summed E-state index contributed by atoms with van der Waals surface area (Å²) in [4.78, 5) is 4.24. The van der Waals surface area contributed by atoms with E-state index in [9.17, 15) is 0 Å². The maximum Gasteiger partial charge on any atom is 0.0729 e. The van der Waals surface area contributed by atoms with Crippen LogP contribution < -0.4 is 0 Å². The van der Waals surface area contributed by atoms with Gasteiger partial charge in [0.2, 0.25) is 0 Å². The fourth-order valence-electron chi connectivity index (χ4n) is 1.37. The zero-order valence-corrected chi connectivity index (χ0v) is 9.52. The van der Waals surface area contributed by atoms with Crippen molar-refractivity contribution < 1.29 is 0 Å². The number of hydrogen-bond donors (Lipinski definition) is 1. The highest BCUT2D eigenvalue weighted by molar-refractivity contribution is 7.80. The third-order valence-electron chi connectivity index (χ3n) is 2.01. The van der Waals surface area contributed by atoms with Crippen LogP contribution in [-0.4, -0.2) is 10.7 Å². The molecule has 1 heterocycles. The molecular formula is C12H8ClNS. The fraction of sp³-hybridized carbons (Fsp3) is 0.0833. The SMILES string of the molecule is SCC#Cc1ccnc2cc(Cl)ccc12. The summed E-state index contributed by atoms with van der Waals surface area (Å²) in [5, 5.41) is 1.71. The lowest BCUT2D eigenvalue weighted by atomic mass is 10.1. The summed E-state index contributed by atoms with van der Waals surface area (Å²) in [5.74, 6) is 6.53. The Hall–Kier alpha value is -1.17. The number of fused-ring (bicyclic) bond motifs is 1. The van der Waals surface area contributed by atoms with E-state index in [4.69, 9.17) is 11.6 Å². The van der Waals surface area contributed by atoms with Gasteiger partial charge in [0.25, 0.3) is 0 Å². The molecule has 0 atom stereocenters. The van der Waals surface area contributed by atoms with Crippen molar-refractivity contribution in [2.24, 2.45) is 0 Å². The monoisotopic (exact) mass is 233 g/mol. The van der Waals surface area contributed by atoms with Gasteiger partial charge >= 0.3 is 0 Å². The van der Waals surface area contributed by atoms with Crippen LogP contribution in [0.5, 0.6) is 0 Å². The average molecular weight is 234 g/mol. The molecule has 0 aliphatic carbocycles. The minimum absolute atomic E-state index is 0.553. The van der Waals surface area contributed by atoms with Crippen LogP contribution in [0, 0.1) is 11.8 Å². The largest absolute Gasteiger partial charge is 0.256 e. The lowest BCUT2D eigenvalue weighted by Crippen LogP contribution is -1.83. The number of aromatic nitrogens is 1. The van der Waals surface area contributed by atoms with E-state index < -0.39 is 0 Å². The maximum absolute atomic E-state index is 5.89. The quantitative estimate of drug-likeness (QED) is 0.545. The molecule has 1 aromatic carbocycles. The summed E-state index contributed by atoms with van der Waals surface area (Å²) in [6, 6.07) is 7.51. The Bertz CT molecular complexity index is 554. The normalized spacial score (nSPS) is 9.73. The topological polar surface area (TPSA) is 12.9 Å². The molecule has 0 unspecified atom stereocenters. The molecule has 1 nitrogen and oxygen atoms in total. The summed E-state index contributed by atoms with van der Waals surface area (Å²) < 4.78 is 0. The van der Waals surface area contributed by atoms with E-state index in [2.05, 4.69) is 29.5 Å². The van der Waals surface area contributed by atoms with Crippen LogP contribution in [0.25, 0.3) is 10.9 Å². The van der Waals surface area contributed by atoms with Crippen LogP contribution in [0.4, 0.5) is 0 Å². The molecule has 0 amide bonds. The number of hydrogen-bond acceptors (Lipinski definition) is 2. The number of halogens is 1. The van der Waals surface area contributed by atoms with Crippen LogP contribution in [0.2, 0.25) is 5.02 Å². The summed E-state index contributed by atoms with van der Waals surface area (Å²) in [6.45, 7) is 0. The van der Waals surface area contributed by atoms with Crippen molar-refractivity contribution in [2.45, 2.75) is 0 Å². The third kappa shape index (κ3) is 2.26. The Labute approximate surface area is 98.9 Å². The van der Waals surface area contributed by atoms with Gasteiger partial charge < -0.3 is 0 Å². The predicted molar refractivity (Wildman–Crippen MR) is 67.5 cm³/mol. The van der Waals surface area contributed by atoms with Crippen LogP contribution in [0.3, 0.4) is 0 Å².